The molecular weight excluding hydrogens is 424 g/mol. The van der Waals surface area contributed by atoms with Crippen LogP contribution in [0.25, 0.3) is 22.1 Å². The molecule has 0 saturated heterocycles. The molecule has 2 aromatic carbocycles. The first-order valence-electron chi connectivity index (χ1n) is 9.39. The number of hydrogen-bond donors (Lipinski definition) is 3. The van der Waals surface area contributed by atoms with Crippen LogP contribution in [0.3, 0.4) is 0 Å². The van der Waals surface area contributed by atoms with Crippen LogP contribution >= 0.6 is 0 Å². The number of fused-ring (bicyclic) bond motifs is 1. The highest BCUT2D eigenvalue weighted by atomic mass is 19.1. The van der Waals surface area contributed by atoms with Crippen molar-refractivity contribution in [1.29, 1.82) is 0 Å². The van der Waals surface area contributed by atoms with Crippen LogP contribution < -0.4 is 16.4 Å². The average Bonchev–Trinajstić information content (AvgIpc) is 3.25. The van der Waals surface area contributed by atoms with Gasteiger partial charge in [0.15, 0.2) is 17.3 Å². The van der Waals surface area contributed by atoms with Crippen LogP contribution in [-0.2, 0) is 11.2 Å². The van der Waals surface area contributed by atoms with Crippen LogP contribution in [0.2, 0.25) is 0 Å². The van der Waals surface area contributed by atoms with Gasteiger partial charge in [0.25, 0.3) is 11.5 Å². The van der Waals surface area contributed by atoms with E-state index in [1.165, 1.54) is 12.3 Å². The summed E-state index contributed by atoms with van der Waals surface area (Å²) in [6.07, 6.45) is 1.26. The van der Waals surface area contributed by atoms with E-state index in [1.54, 1.807) is 24.3 Å². The topological polar surface area (TPSA) is 130 Å². The molecule has 0 saturated carbocycles. The van der Waals surface area contributed by atoms with Crippen LogP contribution in [0.15, 0.2) is 57.9 Å². The predicted molar refractivity (Wildman–Crippen MR) is 108 cm³/mol. The third kappa shape index (κ3) is 4.36. The van der Waals surface area contributed by atoms with Gasteiger partial charge in [-0.25, -0.2) is 18.9 Å². The van der Waals surface area contributed by atoms with E-state index in [4.69, 9.17) is 4.42 Å². The maximum Gasteiger partial charge on any atom is 0.290 e. The van der Waals surface area contributed by atoms with E-state index in [9.17, 15) is 23.2 Å². The van der Waals surface area contributed by atoms with E-state index in [0.29, 0.717) is 5.39 Å². The molecule has 4 aromatic rings. The lowest BCUT2D eigenvalue weighted by Gasteiger charge is -2.08. The van der Waals surface area contributed by atoms with Crippen LogP contribution in [0.5, 0.6) is 0 Å². The second-order valence-electron chi connectivity index (χ2n) is 6.69. The van der Waals surface area contributed by atoms with Gasteiger partial charge in [0.2, 0.25) is 5.91 Å². The van der Waals surface area contributed by atoms with E-state index < -0.39 is 29.0 Å². The highest BCUT2D eigenvalue weighted by molar-refractivity contribution is 6.05. The first-order chi connectivity index (χ1) is 15.4. The molecule has 0 atom stereocenters. The lowest BCUT2D eigenvalue weighted by atomic mass is 10.1. The van der Waals surface area contributed by atoms with Gasteiger partial charge >= 0.3 is 0 Å². The van der Waals surface area contributed by atoms with Gasteiger partial charge < -0.3 is 4.42 Å². The molecule has 3 N–H and O–H groups in total. The van der Waals surface area contributed by atoms with Crippen molar-refractivity contribution in [2.24, 2.45) is 0 Å². The molecule has 32 heavy (non-hydrogen) atoms. The number of halogens is 2. The minimum atomic E-state index is -0.795. The Kier molecular flexibility index (Phi) is 5.71. The van der Waals surface area contributed by atoms with E-state index >= 15 is 0 Å². The second-order valence-corrected chi connectivity index (χ2v) is 6.69. The van der Waals surface area contributed by atoms with E-state index in [2.05, 4.69) is 26.0 Å². The number of amides is 2. The number of H-pyrrole nitrogens is 1. The Labute approximate surface area is 178 Å². The number of aromatic amines is 1. The van der Waals surface area contributed by atoms with Gasteiger partial charge in [-0.15, -0.1) is 0 Å². The lowest BCUT2D eigenvalue weighted by molar-refractivity contribution is -0.121. The molecule has 9 nitrogen and oxygen atoms in total. The molecule has 0 radical (unpaired) electrons. The molecule has 2 amide bonds. The summed E-state index contributed by atoms with van der Waals surface area (Å²) in [5.74, 6) is -2.50. The number of hydrazine groups is 1. The van der Waals surface area contributed by atoms with Crippen LogP contribution in [0.1, 0.15) is 22.8 Å². The van der Waals surface area contributed by atoms with Gasteiger partial charge in [-0.1, -0.05) is 18.2 Å². The summed E-state index contributed by atoms with van der Waals surface area (Å²) in [7, 11) is 0. The van der Waals surface area contributed by atoms with Gasteiger partial charge in [0.1, 0.15) is 11.6 Å². The van der Waals surface area contributed by atoms with Gasteiger partial charge in [-0.3, -0.25) is 25.2 Å². The zero-order chi connectivity index (χ0) is 22.7. The van der Waals surface area contributed by atoms with Crippen LogP contribution in [-0.4, -0.2) is 27.0 Å². The Balaban J connectivity index is 1.34. The lowest BCUT2D eigenvalue weighted by Crippen LogP contribution is -2.42. The summed E-state index contributed by atoms with van der Waals surface area (Å²) in [5.41, 5.74) is 4.02. The molecule has 0 fully saturated rings. The molecule has 11 heteroatoms. The Bertz CT molecular complexity index is 1380. The second kappa shape index (κ2) is 8.76. The Morgan fingerprint density at radius 3 is 2.62 bits per heavy atom. The molecule has 2 heterocycles. The summed E-state index contributed by atoms with van der Waals surface area (Å²) in [6, 6.07) is 9.48. The smallest absolute Gasteiger partial charge is 0.290 e. The normalized spacial score (nSPS) is 10.8. The molecule has 2 aromatic heterocycles. The summed E-state index contributed by atoms with van der Waals surface area (Å²) in [5, 5.41) is 6.60. The van der Waals surface area contributed by atoms with Crippen molar-refractivity contribution in [1.82, 2.24) is 26.0 Å². The SMILES string of the molecule is O=C(CCc1ncc(-c2ccc(F)cc2F)o1)NNC(=O)c1n[nH]c(=O)c2ccccc12. The molecule has 0 bridgehead atoms. The summed E-state index contributed by atoms with van der Waals surface area (Å²) < 4.78 is 32.3. The fourth-order valence-electron chi connectivity index (χ4n) is 3.00. The van der Waals surface area contributed by atoms with Crippen molar-refractivity contribution < 1.29 is 22.8 Å². The van der Waals surface area contributed by atoms with Crippen molar-refractivity contribution >= 4 is 22.6 Å². The first kappa shape index (κ1) is 20.8. The number of aromatic nitrogens is 3. The Morgan fingerprint density at radius 1 is 1.06 bits per heavy atom. The van der Waals surface area contributed by atoms with Crippen LogP contribution in [0.4, 0.5) is 8.78 Å². The molecule has 0 spiro atoms. The van der Waals surface area contributed by atoms with Crippen molar-refractivity contribution in [2.75, 3.05) is 0 Å². The fraction of sp³-hybridized carbons (Fsp3) is 0.0952. The number of nitrogens with zero attached hydrogens (tertiary/aromatic N) is 2. The van der Waals surface area contributed by atoms with Gasteiger partial charge in [0.05, 0.1) is 17.1 Å². The predicted octanol–water partition coefficient (Wildman–Crippen LogP) is 2.25. The third-order valence-electron chi connectivity index (χ3n) is 4.54. The average molecular weight is 439 g/mol. The van der Waals surface area contributed by atoms with Gasteiger partial charge in [-0.2, -0.15) is 5.10 Å². The molecule has 4 rings (SSSR count). The first-order valence-corrected chi connectivity index (χ1v) is 9.39. The molecule has 162 valence electrons. The zero-order valence-corrected chi connectivity index (χ0v) is 16.3. The van der Waals surface area contributed by atoms with Gasteiger partial charge in [-0.05, 0) is 18.2 Å². The van der Waals surface area contributed by atoms with Crippen molar-refractivity contribution in [3.63, 3.8) is 0 Å². The standard InChI is InChI=1S/C21H15F2N5O4/c22-11-5-6-14(15(23)9-11)16-10-24-18(32-16)8-7-17(29)25-28-21(31)19-12-3-1-2-4-13(12)20(30)27-26-19/h1-6,9-10H,7-8H2,(H,25,29)(H,27,30)(H,28,31). The number of aryl methyl sites for hydroxylation is 1. The molecular formula is C21H15F2N5O4. The number of benzene rings is 2. The molecule has 0 unspecified atom stereocenters. The number of carbonyl (C=O) groups excluding carboxylic acids is 2. The largest absolute Gasteiger partial charge is 0.441 e. The maximum atomic E-state index is 13.8. The number of rotatable bonds is 5. The number of hydrogen-bond acceptors (Lipinski definition) is 6. The van der Waals surface area contributed by atoms with Crippen molar-refractivity contribution in [2.45, 2.75) is 12.8 Å². The molecule has 0 aliphatic rings. The van der Waals surface area contributed by atoms with E-state index in [1.807, 2.05) is 0 Å². The highest BCUT2D eigenvalue weighted by Gasteiger charge is 2.16. The summed E-state index contributed by atoms with van der Waals surface area (Å²) in [6.45, 7) is 0. The summed E-state index contributed by atoms with van der Waals surface area (Å²) >= 11 is 0. The maximum absolute atomic E-state index is 13.8. The quantitative estimate of drug-likeness (QED) is 0.409. The van der Waals surface area contributed by atoms with Gasteiger partial charge in [0, 0.05) is 24.3 Å². The number of oxazole rings is 1. The number of carbonyl (C=O) groups is 2. The zero-order valence-electron chi connectivity index (χ0n) is 16.3. The van der Waals surface area contributed by atoms with Crippen molar-refractivity contribution in [3.05, 3.63) is 82.2 Å². The monoisotopic (exact) mass is 439 g/mol. The molecule has 0 aliphatic carbocycles. The number of nitrogens with one attached hydrogen (secondary N) is 3. The van der Waals surface area contributed by atoms with E-state index in [0.717, 1.165) is 12.1 Å². The fourth-order valence-corrected chi connectivity index (χ4v) is 3.00. The minimum absolute atomic E-state index is 0.0440. The third-order valence-corrected chi connectivity index (χ3v) is 4.54. The Morgan fingerprint density at radius 2 is 1.84 bits per heavy atom. The van der Waals surface area contributed by atoms with Crippen molar-refractivity contribution in [3.8, 4) is 11.3 Å². The van der Waals surface area contributed by atoms with E-state index in [-0.39, 0.29) is 41.1 Å². The Hall–Kier alpha value is -4.41. The highest BCUT2D eigenvalue weighted by Crippen LogP contribution is 2.24. The van der Waals surface area contributed by atoms with Crippen LogP contribution in [0, 0.1) is 11.6 Å². The molecule has 0 aliphatic heterocycles. The summed E-state index contributed by atoms with van der Waals surface area (Å²) in [4.78, 5) is 40.2. The minimum Gasteiger partial charge on any atom is -0.441 e.